The molecule has 1 atom stereocenters. The van der Waals surface area contributed by atoms with E-state index in [1.807, 2.05) is 11.8 Å². The summed E-state index contributed by atoms with van der Waals surface area (Å²) in [5, 5.41) is 12.4. The molecular formula is C12H24N2O4S. The normalized spacial score (nSPS) is 23.5. The van der Waals surface area contributed by atoms with Gasteiger partial charge in [0, 0.05) is 13.1 Å². The molecule has 0 saturated carbocycles. The second-order valence-electron chi connectivity index (χ2n) is 5.35. The molecule has 6 nitrogen and oxygen atoms in total. The summed E-state index contributed by atoms with van der Waals surface area (Å²) in [6.07, 6.45) is 1.43. The fourth-order valence-corrected chi connectivity index (χ4v) is 3.50. The van der Waals surface area contributed by atoms with E-state index >= 15 is 0 Å². The lowest BCUT2D eigenvalue weighted by atomic mass is 10.0. The molecule has 1 rings (SSSR count). The van der Waals surface area contributed by atoms with Gasteiger partial charge in [0.1, 0.15) is 5.54 Å². The minimum absolute atomic E-state index is 0.122. The number of nitrogens with one attached hydrogen (secondary N) is 1. The summed E-state index contributed by atoms with van der Waals surface area (Å²) in [7, 11) is -2.95. The SMILES string of the molecule is CCCNC(C)(CN1CCCS(=O)(=O)CC1)C(=O)O. The van der Waals surface area contributed by atoms with E-state index in [0.717, 1.165) is 6.42 Å². The third-order valence-corrected chi connectivity index (χ3v) is 5.14. The second-order valence-corrected chi connectivity index (χ2v) is 7.65. The van der Waals surface area contributed by atoms with Crippen molar-refractivity contribution < 1.29 is 18.3 Å². The zero-order valence-corrected chi connectivity index (χ0v) is 12.5. The molecule has 0 radical (unpaired) electrons. The highest BCUT2D eigenvalue weighted by atomic mass is 32.2. The van der Waals surface area contributed by atoms with Crippen LogP contribution in [0.4, 0.5) is 0 Å². The smallest absolute Gasteiger partial charge is 0.324 e. The van der Waals surface area contributed by atoms with Crippen LogP contribution in [0.2, 0.25) is 0 Å². The molecule has 2 N–H and O–H groups in total. The number of carboxylic acids is 1. The minimum atomic E-state index is -2.95. The Balaban J connectivity index is 2.66. The van der Waals surface area contributed by atoms with Crippen LogP contribution < -0.4 is 5.32 Å². The van der Waals surface area contributed by atoms with Crippen molar-refractivity contribution in [2.45, 2.75) is 32.2 Å². The molecule has 1 heterocycles. The Morgan fingerprint density at radius 2 is 2.05 bits per heavy atom. The molecule has 1 unspecified atom stereocenters. The van der Waals surface area contributed by atoms with Crippen molar-refractivity contribution >= 4 is 15.8 Å². The standard InChI is InChI=1S/C12H24N2O4S/c1-3-5-13-12(2,11(15)16)10-14-6-4-8-19(17,18)9-7-14/h13H,3-10H2,1-2H3,(H,15,16). The van der Waals surface area contributed by atoms with E-state index < -0.39 is 21.3 Å². The van der Waals surface area contributed by atoms with Crippen LogP contribution in [0, 0.1) is 0 Å². The largest absolute Gasteiger partial charge is 0.480 e. The maximum Gasteiger partial charge on any atom is 0.324 e. The molecule has 0 aromatic heterocycles. The van der Waals surface area contributed by atoms with Gasteiger partial charge in [0.05, 0.1) is 11.5 Å². The zero-order valence-electron chi connectivity index (χ0n) is 11.7. The summed E-state index contributed by atoms with van der Waals surface area (Å²) in [6, 6.07) is 0. The van der Waals surface area contributed by atoms with Gasteiger partial charge < -0.3 is 10.4 Å². The quantitative estimate of drug-likeness (QED) is 0.714. The van der Waals surface area contributed by atoms with E-state index in [9.17, 15) is 18.3 Å². The van der Waals surface area contributed by atoms with Crippen LogP contribution in [0.15, 0.2) is 0 Å². The summed E-state index contributed by atoms with van der Waals surface area (Å²) in [4.78, 5) is 13.3. The Kier molecular flexibility index (Phi) is 5.76. The Hall–Kier alpha value is -0.660. The number of sulfone groups is 1. The Bertz CT molecular complexity index is 410. The fraction of sp³-hybridized carbons (Fsp3) is 0.917. The fourth-order valence-electron chi connectivity index (χ4n) is 2.20. The van der Waals surface area contributed by atoms with Gasteiger partial charge in [-0.05, 0) is 32.9 Å². The van der Waals surface area contributed by atoms with Crippen molar-refractivity contribution in [3.8, 4) is 0 Å². The van der Waals surface area contributed by atoms with Crippen molar-refractivity contribution in [1.29, 1.82) is 0 Å². The summed E-state index contributed by atoms with van der Waals surface area (Å²) < 4.78 is 23.1. The number of hydrogen-bond donors (Lipinski definition) is 2. The van der Waals surface area contributed by atoms with Crippen LogP contribution in [-0.4, -0.2) is 67.6 Å². The average Bonchev–Trinajstić information content (AvgIpc) is 2.48. The first-order valence-corrected chi connectivity index (χ1v) is 8.52. The van der Waals surface area contributed by atoms with Crippen molar-refractivity contribution in [1.82, 2.24) is 10.2 Å². The maximum atomic E-state index is 11.5. The molecule has 1 saturated heterocycles. The van der Waals surface area contributed by atoms with Gasteiger partial charge in [0.25, 0.3) is 0 Å². The predicted octanol–water partition coefficient (Wildman–Crippen LogP) is -0.0502. The molecule has 0 bridgehead atoms. The van der Waals surface area contributed by atoms with Gasteiger partial charge in [-0.2, -0.15) is 0 Å². The second kappa shape index (κ2) is 6.67. The number of rotatable bonds is 6. The van der Waals surface area contributed by atoms with Crippen LogP contribution in [-0.2, 0) is 14.6 Å². The van der Waals surface area contributed by atoms with E-state index in [-0.39, 0.29) is 11.5 Å². The molecule has 112 valence electrons. The Labute approximate surface area is 115 Å². The van der Waals surface area contributed by atoms with Gasteiger partial charge in [-0.3, -0.25) is 9.69 Å². The van der Waals surface area contributed by atoms with Crippen LogP contribution in [0.3, 0.4) is 0 Å². The van der Waals surface area contributed by atoms with E-state index in [2.05, 4.69) is 5.32 Å². The first-order chi connectivity index (χ1) is 8.79. The van der Waals surface area contributed by atoms with Gasteiger partial charge in [0.2, 0.25) is 0 Å². The van der Waals surface area contributed by atoms with Gasteiger partial charge >= 0.3 is 5.97 Å². The molecule has 19 heavy (non-hydrogen) atoms. The lowest BCUT2D eigenvalue weighted by molar-refractivity contribution is -0.145. The first-order valence-electron chi connectivity index (χ1n) is 6.70. The van der Waals surface area contributed by atoms with Crippen LogP contribution in [0.1, 0.15) is 26.7 Å². The molecule has 0 aromatic carbocycles. The van der Waals surface area contributed by atoms with Gasteiger partial charge in [-0.1, -0.05) is 6.92 Å². The molecular weight excluding hydrogens is 268 g/mol. The summed E-state index contributed by atoms with van der Waals surface area (Å²) in [5.41, 5.74) is -1.02. The monoisotopic (exact) mass is 292 g/mol. The Morgan fingerprint density at radius 1 is 1.37 bits per heavy atom. The first kappa shape index (κ1) is 16.4. The molecule has 1 aliphatic heterocycles. The van der Waals surface area contributed by atoms with Crippen LogP contribution >= 0.6 is 0 Å². The number of carbonyl (C=O) groups is 1. The molecule has 0 spiro atoms. The van der Waals surface area contributed by atoms with E-state index in [1.165, 1.54) is 0 Å². The van der Waals surface area contributed by atoms with Gasteiger partial charge in [0.15, 0.2) is 9.84 Å². The Morgan fingerprint density at radius 3 is 2.63 bits per heavy atom. The molecule has 7 heteroatoms. The third-order valence-electron chi connectivity index (χ3n) is 3.43. The number of carboxylic acid groups (broad SMARTS) is 1. The number of aliphatic carboxylic acids is 1. The predicted molar refractivity (Wildman–Crippen MR) is 74.0 cm³/mol. The maximum absolute atomic E-state index is 11.5. The van der Waals surface area contributed by atoms with Crippen LogP contribution in [0.5, 0.6) is 0 Å². The van der Waals surface area contributed by atoms with Crippen LogP contribution in [0.25, 0.3) is 0 Å². The summed E-state index contributed by atoms with van der Waals surface area (Å²) in [6.45, 7) is 5.65. The topological polar surface area (TPSA) is 86.7 Å². The van der Waals surface area contributed by atoms with Crippen molar-refractivity contribution in [3.05, 3.63) is 0 Å². The molecule has 0 amide bonds. The molecule has 0 aliphatic carbocycles. The van der Waals surface area contributed by atoms with Crippen molar-refractivity contribution in [3.63, 3.8) is 0 Å². The zero-order chi connectivity index (χ0) is 14.5. The average molecular weight is 292 g/mol. The number of nitrogens with zero attached hydrogens (tertiary/aromatic N) is 1. The van der Waals surface area contributed by atoms with E-state index in [1.54, 1.807) is 6.92 Å². The molecule has 1 fully saturated rings. The number of hydrogen-bond acceptors (Lipinski definition) is 5. The van der Waals surface area contributed by atoms with Crippen molar-refractivity contribution in [2.75, 3.05) is 37.7 Å². The van der Waals surface area contributed by atoms with E-state index in [0.29, 0.717) is 32.6 Å². The lowest BCUT2D eigenvalue weighted by Crippen LogP contribution is -2.57. The molecule has 0 aromatic rings. The summed E-state index contributed by atoms with van der Waals surface area (Å²) in [5.74, 6) is -0.570. The highest BCUT2D eigenvalue weighted by Gasteiger charge is 2.35. The highest BCUT2D eigenvalue weighted by molar-refractivity contribution is 7.91. The third kappa shape index (κ3) is 5.08. The summed E-state index contributed by atoms with van der Waals surface area (Å²) >= 11 is 0. The van der Waals surface area contributed by atoms with Gasteiger partial charge in [-0.15, -0.1) is 0 Å². The van der Waals surface area contributed by atoms with Gasteiger partial charge in [-0.25, -0.2) is 8.42 Å². The lowest BCUT2D eigenvalue weighted by Gasteiger charge is -2.32. The van der Waals surface area contributed by atoms with Crippen molar-refractivity contribution in [2.24, 2.45) is 0 Å². The molecule has 1 aliphatic rings. The minimum Gasteiger partial charge on any atom is -0.480 e. The highest BCUT2D eigenvalue weighted by Crippen LogP contribution is 2.12. The van der Waals surface area contributed by atoms with E-state index in [4.69, 9.17) is 0 Å².